The SMILES string of the molecule is CCOC(=O)c1ccc(N2CC(C(=O)OCC(=O)c3ccc(OC)cc3)CC2=O)cc1. The number of methoxy groups -OCH3 is 1. The van der Waals surface area contributed by atoms with Gasteiger partial charge in [0.2, 0.25) is 5.91 Å². The molecular weight excluding hydrogens is 402 g/mol. The number of hydrogen-bond acceptors (Lipinski definition) is 7. The maximum absolute atomic E-state index is 12.4. The number of esters is 2. The van der Waals surface area contributed by atoms with Crippen molar-refractivity contribution in [1.29, 1.82) is 0 Å². The second kappa shape index (κ2) is 9.88. The minimum Gasteiger partial charge on any atom is -0.497 e. The number of ketones is 1. The number of ether oxygens (including phenoxy) is 3. The molecule has 0 aliphatic carbocycles. The molecular formula is C23H23NO7. The van der Waals surface area contributed by atoms with Gasteiger partial charge in [0.15, 0.2) is 12.4 Å². The molecule has 1 aliphatic heterocycles. The van der Waals surface area contributed by atoms with Gasteiger partial charge >= 0.3 is 11.9 Å². The Hall–Kier alpha value is -3.68. The quantitative estimate of drug-likeness (QED) is 0.474. The third kappa shape index (κ3) is 5.28. The number of anilines is 1. The fraction of sp³-hybridized carbons (Fsp3) is 0.304. The van der Waals surface area contributed by atoms with Crippen molar-refractivity contribution in [2.45, 2.75) is 13.3 Å². The number of carbonyl (C=O) groups is 4. The molecule has 8 nitrogen and oxygen atoms in total. The molecule has 2 aromatic carbocycles. The predicted octanol–water partition coefficient (Wildman–Crippen LogP) is 2.65. The van der Waals surface area contributed by atoms with Crippen molar-refractivity contribution in [1.82, 2.24) is 0 Å². The molecule has 162 valence electrons. The molecule has 1 aliphatic rings. The van der Waals surface area contributed by atoms with Crippen LogP contribution in [0, 0.1) is 5.92 Å². The van der Waals surface area contributed by atoms with Gasteiger partial charge in [-0.25, -0.2) is 4.79 Å². The van der Waals surface area contributed by atoms with Crippen LogP contribution in [0.2, 0.25) is 0 Å². The lowest BCUT2D eigenvalue weighted by molar-refractivity contribution is -0.147. The highest BCUT2D eigenvalue weighted by molar-refractivity contribution is 6.01. The molecule has 31 heavy (non-hydrogen) atoms. The first-order valence-corrected chi connectivity index (χ1v) is 9.84. The molecule has 1 unspecified atom stereocenters. The second-order valence-electron chi connectivity index (χ2n) is 6.93. The summed E-state index contributed by atoms with van der Waals surface area (Å²) in [5, 5.41) is 0. The number of nitrogens with zero attached hydrogens (tertiary/aromatic N) is 1. The van der Waals surface area contributed by atoms with E-state index in [1.54, 1.807) is 55.5 Å². The molecule has 2 aromatic rings. The number of Topliss-reactive ketones (excluding diaryl/α,β-unsaturated/α-hetero) is 1. The molecule has 3 rings (SSSR count). The van der Waals surface area contributed by atoms with Crippen LogP contribution >= 0.6 is 0 Å². The smallest absolute Gasteiger partial charge is 0.338 e. The van der Waals surface area contributed by atoms with E-state index in [4.69, 9.17) is 14.2 Å². The molecule has 0 spiro atoms. The Kier molecular flexibility index (Phi) is 7.02. The van der Waals surface area contributed by atoms with Crippen molar-refractivity contribution in [2.75, 3.05) is 31.8 Å². The normalized spacial score (nSPS) is 15.5. The molecule has 1 fully saturated rings. The van der Waals surface area contributed by atoms with Crippen LogP contribution in [0.25, 0.3) is 0 Å². The average molecular weight is 425 g/mol. The molecule has 0 aromatic heterocycles. The average Bonchev–Trinajstić information content (AvgIpc) is 3.19. The predicted molar refractivity (Wildman–Crippen MR) is 111 cm³/mol. The van der Waals surface area contributed by atoms with Crippen LogP contribution in [0.4, 0.5) is 5.69 Å². The minimum absolute atomic E-state index is 0.00477. The second-order valence-corrected chi connectivity index (χ2v) is 6.93. The van der Waals surface area contributed by atoms with Gasteiger partial charge in [0.05, 0.1) is 25.2 Å². The Morgan fingerprint density at radius 1 is 0.968 bits per heavy atom. The van der Waals surface area contributed by atoms with Gasteiger partial charge < -0.3 is 19.1 Å². The Bertz CT molecular complexity index is 966. The molecule has 1 amide bonds. The van der Waals surface area contributed by atoms with Gasteiger partial charge in [0, 0.05) is 24.2 Å². The van der Waals surface area contributed by atoms with E-state index >= 15 is 0 Å². The van der Waals surface area contributed by atoms with Crippen LogP contribution in [-0.2, 0) is 19.1 Å². The van der Waals surface area contributed by atoms with Crippen LogP contribution in [0.5, 0.6) is 5.75 Å². The highest BCUT2D eigenvalue weighted by atomic mass is 16.5. The Morgan fingerprint density at radius 3 is 2.23 bits per heavy atom. The van der Waals surface area contributed by atoms with E-state index in [9.17, 15) is 19.2 Å². The van der Waals surface area contributed by atoms with Crippen molar-refractivity contribution in [3.05, 3.63) is 59.7 Å². The van der Waals surface area contributed by atoms with Gasteiger partial charge in [-0.1, -0.05) is 0 Å². The standard InChI is InChI=1S/C23H23NO7/c1-3-30-22(27)16-4-8-18(9-5-16)24-13-17(12-21(24)26)23(28)31-14-20(25)15-6-10-19(29-2)11-7-15/h4-11,17H,3,12-14H2,1-2H3. The van der Waals surface area contributed by atoms with Crippen molar-refractivity contribution < 1.29 is 33.4 Å². The van der Waals surface area contributed by atoms with Crippen LogP contribution in [0.1, 0.15) is 34.1 Å². The lowest BCUT2D eigenvalue weighted by Crippen LogP contribution is -2.27. The molecule has 1 heterocycles. The first-order valence-electron chi connectivity index (χ1n) is 9.84. The molecule has 8 heteroatoms. The van der Waals surface area contributed by atoms with Gasteiger partial charge in [0.1, 0.15) is 5.75 Å². The highest BCUT2D eigenvalue weighted by Gasteiger charge is 2.36. The molecule has 1 saturated heterocycles. The van der Waals surface area contributed by atoms with Crippen LogP contribution < -0.4 is 9.64 Å². The van der Waals surface area contributed by atoms with Crippen LogP contribution in [0.15, 0.2) is 48.5 Å². The molecule has 0 N–H and O–H groups in total. The number of carbonyl (C=O) groups excluding carboxylic acids is 4. The molecule has 1 atom stereocenters. The van der Waals surface area contributed by atoms with Gasteiger partial charge in [-0.3, -0.25) is 14.4 Å². The van der Waals surface area contributed by atoms with Crippen molar-refractivity contribution in [2.24, 2.45) is 5.92 Å². The first-order chi connectivity index (χ1) is 14.9. The zero-order valence-electron chi connectivity index (χ0n) is 17.3. The third-order valence-electron chi connectivity index (χ3n) is 4.91. The minimum atomic E-state index is -0.666. The van der Waals surface area contributed by atoms with Gasteiger partial charge in [-0.05, 0) is 55.5 Å². The van der Waals surface area contributed by atoms with Crippen molar-refractivity contribution in [3.8, 4) is 5.75 Å². The highest BCUT2D eigenvalue weighted by Crippen LogP contribution is 2.26. The molecule has 0 saturated carbocycles. The van der Waals surface area contributed by atoms with E-state index < -0.39 is 24.5 Å². The Morgan fingerprint density at radius 2 is 1.61 bits per heavy atom. The summed E-state index contributed by atoms with van der Waals surface area (Å²) in [6.07, 6.45) is -0.00477. The van der Waals surface area contributed by atoms with E-state index in [1.165, 1.54) is 12.0 Å². The summed E-state index contributed by atoms with van der Waals surface area (Å²) in [4.78, 5) is 50.2. The van der Waals surface area contributed by atoms with Gasteiger partial charge in [-0.15, -0.1) is 0 Å². The van der Waals surface area contributed by atoms with E-state index in [0.717, 1.165) is 0 Å². The van der Waals surface area contributed by atoms with Crippen molar-refractivity contribution >= 4 is 29.3 Å². The number of benzene rings is 2. The lowest BCUT2D eigenvalue weighted by Gasteiger charge is -2.17. The molecule has 0 radical (unpaired) electrons. The summed E-state index contributed by atoms with van der Waals surface area (Å²) in [6.45, 7) is 1.74. The summed E-state index contributed by atoms with van der Waals surface area (Å²) >= 11 is 0. The van der Waals surface area contributed by atoms with Crippen molar-refractivity contribution in [3.63, 3.8) is 0 Å². The maximum atomic E-state index is 12.4. The largest absolute Gasteiger partial charge is 0.497 e. The number of amides is 1. The zero-order valence-corrected chi connectivity index (χ0v) is 17.3. The summed E-state index contributed by atoms with van der Waals surface area (Å²) < 4.78 is 15.1. The van der Waals surface area contributed by atoms with E-state index in [1.807, 2.05) is 0 Å². The fourth-order valence-electron chi connectivity index (χ4n) is 3.22. The monoisotopic (exact) mass is 425 g/mol. The van der Waals surface area contributed by atoms with Crippen LogP contribution in [-0.4, -0.2) is 50.5 Å². The summed E-state index contributed by atoms with van der Waals surface area (Å²) in [7, 11) is 1.53. The van der Waals surface area contributed by atoms with E-state index in [-0.39, 0.29) is 31.3 Å². The number of rotatable bonds is 8. The summed E-state index contributed by atoms with van der Waals surface area (Å²) in [5.41, 5.74) is 1.35. The Labute approximate surface area is 179 Å². The summed E-state index contributed by atoms with van der Waals surface area (Å²) in [6, 6.07) is 12.9. The third-order valence-corrected chi connectivity index (χ3v) is 4.91. The summed E-state index contributed by atoms with van der Waals surface area (Å²) in [5.74, 6) is -1.65. The van der Waals surface area contributed by atoms with E-state index in [2.05, 4.69) is 0 Å². The Balaban J connectivity index is 1.55. The maximum Gasteiger partial charge on any atom is 0.338 e. The lowest BCUT2D eigenvalue weighted by atomic mass is 10.1. The first kappa shape index (κ1) is 22.0. The van der Waals surface area contributed by atoms with Gasteiger partial charge in [0.25, 0.3) is 0 Å². The van der Waals surface area contributed by atoms with Crippen LogP contribution in [0.3, 0.4) is 0 Å². The van der Waals surface area contributed by atoms with Gasteiger partial charge in [-0.2, -0.15) is 0 Å². The fourth-order valence-corrected chi connectivity index (χ4v) is 3.22. The topological polar surface area (TPSA) is 99.2 Å². The number of hydrogen-bond donors (Lipinski definition) is 0. The van der Waals surface area contributed by atoms with E-state index in [0.29, 0.717) is 22.6 Å². The molecule has 0 bridgehead atoms. The zero-order chi connectivity index (χ0) is 22.4.